The molecule has 2 unspecified atom stereocenters. The molecule has 110 valence electrons. The highest BCUT2D eigenvalue weighted by Crippen LogP contribution is 2.35. The molecule has 21 heavy (non-hydrogen) atoms. The van der Waals surface area contributed by atoms with Crippen molar-refractivity contribution in [1.29, 1.82) is 0 Å². The lowest BCUT2D eigenvalue weighted by molar-refractivity contribution is 0.357. The summed E-state index contributed by atoms with van der Waals surface area (Å²) in [5.41, 5.74) is 2.83. The molecule has 0 radical (unpaired) electrons. The lowest BCUT2D eigenvalue weighted by Crippen LogP contribution is -2.23. The van der Waals surface area contributed by atoms with Gasteiger partial charge in [0.2, 0.25) is 5.89 Å². The molecule has 1 aromatic heterocycles. The Morgan fingerprint density at radius 3 is 3.05 bits per heavy atom. The van der Waals surface area contributed by atoms with Gasteiger partial charge < -0.3 is 9.84 Å². The molecule has 0 amide bonds. The summed E-state index contributed by atoms with van der Waals surface area (Å²) < 4.78 is 5.49. The van der Waals surface area contributed by atoms with E-state index in [4.69, 9.17) is 4.52 Å². The highest BCUT2D eigenvalue weighted by Gasteiger charge is 2.26. The van der Waals surface area contributed by atoms with Crippen molar-refractivity contribution < 1.29 is 4.52 Å². The standard InChI is InChI=1S/C17H21N3O/c1-2-8-14-12(5-1)6-3-9-15(14)17-19-16(21-20-17)11-13-7-4-10-18-13/h1-2,5,8,13,15,18H,3-4,6-7,9-11H2. The molecule has 4 nitrogen and oxygen atoms in total. The molecule has 1 aliphatic heterocycles. The topological polar surface area (TPSA) is 51.0 Å². The van der Waals surface area contributed by atoms with E-state index in [0.717, 1.165) is 31.1 Å². The number of hydrogen-bond donors (Lipinski definition) is 1. The van der Waals surface area contributed by atoms with E-state index in [1.807, 2.05) is 0 Å². The third-order valence-electron chi connectivity index (χ3n) is 4.75. The summed E-state index contributed by atoms with van der Waals surface area (Å²) in [4.78, 5) is 4.68. The van der Waals surface area contributed by atoms with Crippen molar-refractivity contribution in [3.05, 3.63) is 47.1 Å². The monoisotopic (exact) mass is 283 g/mol. The second-order valence-corrected chi connectivity index (χ2v) is 6.19. The molecule has 1 fully saturated rings. The van der Waals surface area contributed by atoms with Crippen LogP contribution < -0.4 is 5.32 Å². The van der Waals surface area contributed by atoms with Gasteiger partial charge in [-0.3, -0.25) is 0 Å². The fourth-order valence-corrected chi connectivity index (χ4v) is 3.66. The number of rotatable bonds is 3. The summed E-state index contributed by atoms with van der Waals surface area (Å²) in [5.74, 6) is 1.96. The van der Waals surface area contributed by atoms with Crippen molar-refractivity contribution in [2.45, 2.75) is 50.5 Å². The van der Waals surface area contributed by atoms with E-state index in [1.54, 1.807) is 0 Å². The van der Waals surface area contributed by atoms with Gasteiger partial charge in [0.15, 0.2) is 5.82 Å². The summed E-state index contributed by atoms with van der Waals surface area (Å²) in [5, 5.41) is 7.75. The van der Waals surface area contributed by atoms with Crippen LogP contribution in [-0.2, 0) is 12.8 Å². The van der Waals surface area contributed by atoms with Gasteiger partial charge in [-0.25, -0.2) is 0 Å². The molecule has 1 saturated heterocycles. The maximum absolute atomic E-state index is 5.49. The van der Waals surface area contributed by atoms with Crippen LogP contribution >= 0.6 is 0 Å². The van der Waals surface area contributed by atoms with Crippen LogP contribution in [0.1, 0.15) is 54.4 Å². The number of nitrogens with zero attached hydrogens (tertiary/aromatic N) is 2. The Bertz CT molecular complexity index is 616. The van der Waals surface area contributed by atoms with E-state index in [0.29, 0.717) is 12.0 Å². The third-order valence-corrected chi connectivity index (χ3v) is 4.75. The molecule has 2 aromatic rings. The Balaban J connectivity index is 1.56. The second-order valence-electron chi connectivity index (χ2n) is 6.19. The molecule has 2 atom stereocenters. The number of nitrogens with one attached hydrogen (secondary N) is 1. The largest absolute Gasteiger partial charge is 0.339 e. The fraction of sp³-hybridized carbons (Fsp3) is 0.529. The van der Waals surface area contributed by atoms with Crippen LogP contribution in [0.25, 0.3) is 0 Å². The van der Waals surface area contributed by atoms with Gasteiger partial charge in [0.1, 0.15) is 0 Å². The Kier molecular flexibility index (Phi) is 3.47. The summed E-state index contributed by atoms with van der Waals surface area (Å²) in [6, 6.07) is 9.19. The lowest BCUT2D eigenvalue weighted by Gasteiger charge is -2.22. The fourth-order valence-electron chi connectivity index (χ4n) is 3.66. The van der Waals surface area contributed by atoms with Crippen LogP contribution in [0.5, 0.6) is 0 Å². The Hall–Kier alpha value is -1.68. The predicted octanol–water partition coefficient (Wildman–Crippen LogP) is 2.83. The molecule has 4 rings (SSSR count). The number of benzene rings is 1. The van der Waals surface area contributed by atoms with Gasteiger partial charge in [-0.1, -0.05) is 29.4 Å². The van der Waals surface area contributed by atoms with E-state index in [1.165, 1.54) is 36.8 Å². The average Bonchev–Trinajstić information content (AvgIpc) is 3.19. The van der Waals surface area contributed by atoms with Crippen LogP contribution in [0.3, 0.4) is 0 Å². The van der Waals surface area contributed by atoms with Crippen LogP contribution in [0, 0.1) is 0 Å². The van der Waals surface area contributed by atoms with E-state index >= 15 is 0 Å². The van der Waals surface area contributed by atoms with Crippen LogP contribution in [-0.4, -0.2) is 22.7 Å². The maximum Gasteiger partial charge on any atom is 0.228 e. The van der Waals surface area contributed by atoms with Crippen molar-refractivity contribution in [2.24, 2.45) is 0 Å². The molecular weight excluding hydrogens is 262 g/mol. The van der Waals surface area contributed by atoms with Crippen molar-refractivity contribution in [3.63, 3.8) is 0 Å². The van der Waals surface area contributed by atoms with Crippen molar-refractivity contribution >= 4 is 0 Å². The van der Waals surface area contributed by atoms with Crippen molar-refractivity contribution in [3.8, 4) is 0 Å². The first-order valence-electron chi connectivity index (χ1n) is 8.04. The Labute approximate surface area is 124 Å². The highest BCUT2D eigenvalue weighted by molar-refractivity contribution is 5.36. The third kappa shape index (κ3) is 2.60. The van der Waals surface area contributed by atoms with Gasteiger partial charge >= 0.3 is 0 Å². The summed E-state index contributed by atoms with van der Waals surface area (Å²) >= 11 is 0. The predicted molar refractivity (Wildman–Crippen MR) is 80.2 cm³/mol. The number of aryl methyl sites for hydroxylation is 1. The zero-order valence-electron chi connectivity index (χ0n) is 12.2. The molecule has 0 saturated carbocycles. The molecule has 2 heterocycles. The van der Waals surface area contributed by atoms with Gasteiger partial charge in [-0.15, -0.1) is 0 Å². The molecular formula is C17H21N3O. The smallest absolute Gasteiger partial charge is 0.228 e. The Morgan fingerprint density at radius 2 is 2.14 bits per heavy atom. The molecule has 2 aliphatic rings. The first-order chi connectivity index (χ1) is 10.4. The zero-order chi connectivity index (χ0) is 14.1. The normalized spacial score (nSPS) is 25.0. The Morgan fingerprint density at radius 1 is 1.19 bits per heavy atom. The minimum absolute atomic E-state index is 0.309. The zero-order valence-corrected chi connectivity index (χ0v) is 12.2. The average molecular weight is 283 g/mol. The molecule has 0 bridgehead atoms. The van der Waals surface area contributed by atoms with Crippen molar-refractivity contribution in [1.82, 2.24) is 15.5 Å². The van der Waals surface area contributed by atoms with E-state index in [9.17, 15) is 0 Å². The molecule has 1 aromatic carbocycles. The lowest BCUT2D eigenvalue weighted by atomic mass is 9.82. The van der Waals surface area contributed by atoms with E-state index in [-0.39, 0.29) is 0 Å². The van der Waals surface area contributed by atoms with Crippen LogP contribution in [0.2, 0.25) is 0 Å². The van der Waals surface area contributed by atoms with Gasteiger partial charge in [-0.2, -0.15) is 4.98 Å². The van der Waals surface area contributed by atoms with Gasteiger partial charge in [0, 0.05) is 18.4 Å². The summed E-state index contributed by atoms with van der Waals surface area (Å²) in [7, 11) is 0. The SMILES string of the molecule is c1ccc2c(c1)CCCC2c1noc(CC2CCCN2)n1. The van der Waals surface area contributed by atoms with Gasteiger partial charge in [-0.05, 0) is 49.8 Å². The number of fused-ring (bicyclic) bond motifs is 1. The molecule has 1 aliphatic carbocycles. The molecule has 4 heteroatoms. The minimum atomic E-state index is 0.309. The van der Waals surface area contributed by atoms with Gasteiger partial charge in [0.05, 0.1) is 0 Å². The summed E-state index contributed by atoms with van der Waals surface area (Å²) in [6.45, 7) is 1.11. The summed E-state index contributed by atoms with van der Waals surface area (Å²) in [6.07, 6.45) is 6.82. The quantitative estimate of drug-likeness (QED) is 0.941. The highest BCUT2D eigenvalue weighted by atomic mass is 16.5. The van der Waals surface area contributed by atoms with Crippen LogP contribution in [0.15, 0.2) is 28.8 Å². The first-order valence-corrected chi connectivity index (χ1v) is 8.04. The maximum atomic E-state index is 5.49. The first kappa shape index (κ1) is 13.0. The van der Waals surface area contributed by atoms with Crippen LogP contribution in [0.4, 0.5) is 0 Å². The number of aromatic nitrogens is 2. The van der Waals surface area contributed by atoms with Gasteiger partial charge in [0.25, 0.3) is 0 Å². The minimum Gasteiger partial charge on any atom is -0.339 e. The van der Waals surface area contributed by atoms with Crippen molar-refractivity contribution in [2.75, 3.05) is 6.54 Å². The second kappa shape index (κ2) is 5.60. The molecule has 0 spiro atoms. The molecule has 1 N–H and O–H groups in total. The number of hydrogen-bond acceptors (Lipinski definition) is 4. The van der Waals surface area contributed by atoms with E-state index < -0.39 is 0 Å². The van der Waals surface area contributed by atoms with E-state index in [2.05, 4.69) is 39.7 Å².